The fraction of sp³-hybridized carbons (Fsp3) is 0.438. The highest BCUT2D eigenvalue weighted by atomic mass is 35.5. The first-order valence-corrected chi connectivity index (χ1v) is 16.3. The Morgan fingerprint density at radius 2 is 1.91 bits per heavy atom. The number of nitrogens with zero attached hydrogens (tertiary/aromatic N) is 4. The largest absolute Gasteiger partial charge is 0.598 e. The molecule has 8 nitrogen and oxygen atoms in total. The number of fused-ring (bicyclic) bond motifs is 1. The zero-order valence-electron chi connectivity index (χ0n) is 25.0. The number of carbonyl (C=O) groups is 1. The molecule has 1 N–H and O–H groups in total. The number of nitrogens with one attached hydrogen (secondary N) is 1. The van der Waals surface area contributed by atoms with E-state index in [0.29, 0.717) is 51.5 Å². The summed E-state index contributed by atoms with van der Waals surface area (Å²) >= 11 is 11.5. The normalized spacial score (nSPS) is 18.3. The molecule has 1 aromatic heterocycles. The Kier molecular flexibility index (Phi) is 8.99. The first-order chi connectivity index (χ1) is 20.4. The van der Waals surface area contributed by atoms with Gasteiger partial charge in [0.15, 0.2) is 11.5 Å². The van der Waals surface area contributed by atoms with Crippen LogP contribution >= 0.6 is 23.2 Å². The molecule has 1 aliphatic carbocycles. The molecule has 1 fully saturated rings. The molecule has 2 atom stereocenters. The van der Waals surface area contributed by atoms with Crippen molar-refractivity contribution < 1.29 is 14.1 Å². The van der Waals surface area contributed by atoms with E-state index in [2.05, 4.69) is 21.8 Å². The van der Waals surface area contributed by atoms with E-state index >= 15 is 0 Å². The molecule has 0 amide bonds. The minimum absolute atomic E-state index is 0.124. The highest BCUT2D eigenvalue weighted by Crippen LogP contribution is 2.54. The van der Waals surface area contributed by atoms with Gasteiger partial charge in [0.05, 0.1) is 45.7 Å². The number of anilines is 1. The molecule has 1 spiro atoms. The van der Waals surface area contributed by atoms with Gasteiger partial charge in [-0.2, -0.15) is 5.26 Å². The van der Waals surface area contributed by atoms with E-state index in [1.54, 1.807) is 25.1 Å². The molecule has 2 aromatic carbocycles. The molecular formula is C32H35Cl2N5O3S. The molecule has 0 saturated carbocycles. The standard InChI is InChI=1S/C32H35Cl2N5O3S/c1-6-42-30(40)27-29(36-19(2)26(37-27)22-11-8-12-23(33)25(22)34)39-15-13-32(14-16-39)17-20-9-7-10-21(18-35)24(20)28(32)38-43(41)31(3,4)5/h7-12,28,38H,6,13-17H2,1-5H3/t28-,43+/m0/s1. The highest BCUT2D eigenvalue weighted by Gasteiger charge is 2.51. The van der Waals surface area contributed by atoms with Crippen molar-refractivity contribution in [1.29, 1.82) is 5.26 Å². The van der Waals surface area contributed by atoms with Crippen LogP contribution in [-0.2, 0) is 22.5 Å². The first-order valence-electron chi connectivity index (χ1n) is 14.3. The average molecular weight is 641 g/mol. The van der Waals surface area contributed by atoms with E-state index in [0.717, 1.165) is 30.4 Å². The van der Waals surface area contributed by atoms with Crippen LogP contribution in [0.25, 0.3) is 11.3 Å². The van der Waals surface area contributed by atoms with Crippen LogP contribution in [0.1, 0.15) is 79.5 Å². The SMILES string of the molecule is CCOC(=O)c1nc(-c2cccc(Cl)c2Cl)c(C)nc1N1CCC2(CC1)Cc1cccc(C#N)c1[C@@H]2N[S@+]([O-])C(C)(C)C. The molecular weight excluding hydrogens is 605 g/mol. The summed E-state index contributed by atoms with van der Waals surface area (Å²) in [5, 5.41) is 10.7. The first kappa shape index (κ1) is 31.6. The van der Waals surface area contributed by atoms with Crippen molar-refractivity contribution in [3.63, 3.8) is 0 Å². The third kappa shape index (κ3) is 5.96. The lowest BCUT2D eigenvalue weighted by Crippen LogP contribution is -2.50. The molecule has 1 saturated heterocycles. The molecule has 226 valence electrons. The molecule has 0 unspecified atom stereocenters. The van der Waals surface area contributed by atoms with E-state index in [1.165, 1.54) is 0 Å². The average Bonchev–Trinajstić information content (AvgIpc) is 3.26. The van der Waals surface area contributed by atoms with Crippen LogP contribution in [0.2, 0.25) is 10.0 Å². The van der Waals surface area contributed by atoms with Crippen LogP contribution in [0, 0.1) is 23.7 Å². The predicted molar refractivity (Wildman–Crippen MR) is 171 cm³/mol. The van der Waals surface area contributed by atoms with Crippen molar-refractivity contribution >= 4 is 46.4 Å². The third-order valence-corrected chi connectivity index (χ3v) is 10.7. The number of aryl methyl sites for hydroxylation is 1. The number of halogens is 2. The maximum absolute atomic E-state index is 13.4. The van der Waals surface area contributed by atoms with E-state index < -0.39 is 22.1 Å². The van der Waals surface area contributed by atoms with E-state index in [9.17, 15) is 14.6 Å². The van der Waals surface area contributed by atoms with E-state index in [1.807, 2.05) is 39.8 Å². The van der Waals surface area contributed by atoms with Gasteiger partial charge in [0.2, 0.25) is 0 Å². The Morgan fingerprint density at radius 3 is 2.56 bits per heavy atom. The number of benzene rings is 2. The molecule has 0 radical (unpaired) electrons. The highest BCUT2D eigenvalue weighted by molar-refractivity contribution is 7.90. The van der Waals surface area contributed by atoms with E-state index in [4.69, 9.17) is 37.9 Å². The summed E-state index contributed by atoms with van der Waals surface area (Å²) in [6.45, 7) is 10.8. The van der Waals surface area contributed by atoms with E-state index in [-0.39, 0.29) is 23.8 Å². The molecule has 0 bridgehead atoms. The lowest BCUT2D eigenvalue weighted by atomic mass is 9.73. The van der Waals surface area contributed by atoms with Crippen LogP contribution in [0.15, 0.2) is 36.4 Å². The Morgan fingerprint density at radius 1 is 1.21 bits per heavy atom. The van der Waals surface area contributed by atoms with Crippen molar-refractivity contribution in [2.75, 3.05) is 24.6 Å². The Labute approximate surface area is 266 Å². The molecule has 5 rings (SSSR count). The Balaban J connectivity index is 1.50. The lowest BCUT2D eigenvalue weighted by molar-refractivity contribution is 0.0519. The maximum atomic E-state index is 13.4. The fourth-order valence-electron chi connectivity index (χ4n) is 6.10. The van der Waals surface area contributed by atoms with Crippen molar-refractivity contribution in [3.8, 4) is 17.3 Å². The summed E-state index contributed by atoms with van der Waals surface area (Å²) in [5.41, 5.74) is 4.21. The number of rotatable bonds is 6. The minimum atomic E-state index is -1.33. The van der Waals surface area contributed by atoms with Gasteiger partial charge in [-0.15, -0.1) is 4.72 Å². The smallest absolute Gasteiger partial charge is 0.360 e. The van der Waals surface area contributed by atoms with Crippen LogP contribution in [0.3, 0.4) is 0 Å². The second kappa shape index (κ2) is 12.3. The zero-order valence-corrected chi connectivity index (χ0v) is 27.3. The Bertz CT molecular complexity index is 1600. The summed E-state index contributed by atoms with van der Waals surface area (Å²) in [5.74, 6) is -0.0968. The third-order valence-electron chi connectivity index (χ3n) is 8.33. The molecule has 2 aliphatic rings. The minimum Gasteiger partial charge on any atom is -0.598 e. The summed E-state index contributed by atoms with van der Waals surface area (Å²) in [6, 6.07) is 13.2. The summed E-state index contributed by atoms with van der Waals surface area (Å²) < 4.78 is 21.7. The maximum Gasteiger partial charge on any atom is 0.360 e. The summed E-state index contributed by atoms with van der Waals surface area (Å²) in [7, 11) is 0. The summed E-state index contributed by atoms with van der Waals surface area (Å²) in [6.07, 6.45) is 2.24. The van der Waals surface area contributed by atoms with Gasteiger partial charge in [0.1, 0.15) is 4.75 Å². The number of esters is 1. The zero-order chi connectivity index (χ0) is 31.1. The van der Waals surface area contributed by atoms with Gasteiger partial charge in [0.25, 0.3) is 0 Å². The second-order valence-electron chi connectivity index (χ2n) is 12.1. The van der Waals surface area contributed by atoms with Crippen LogP contribution in [-0.4, -0.2) is 44.9 Å². The number of nitriles is 1. The monoisotopic (exact) mass is 639 g/mol. The van der Waals surface area contributed by atoms with Gasteiger partial charge in [0, 0.05) is 35.4 Å². The predicted octanol–water partition coefficient (Wildman–Crippen LogP) is 6.74. The van der Waals surface area contributed by atoms with Crippen molar-refractivity contribution in [2.45, 2.75) is 64.7 Å². The van der Waals surface area contributed by atoms with Crippen LogP contribution in [0.5, 0.6) is 0 Å². The molecule has 1 aliphatic heterocycles. The van der Waals surface area contributed by atoms with Crippen LogP contribution < -0.4 is 9.62 Å². The Hall–Kier alpha value is -2.87. The number of carbonyl (C=O) groups excluding carboxylic acids is 1. The van der Waals surface area contributed by atoms with Gasteiger partial charge in [-0.25, -0.2) is 14.8 Å². The number of aromatic nitrogens is 2. The van der Waals surface area contributed by atoms with Gasteiger partial charge < -0.3 is 14.2 Å². The quantitative estimate of drug-likeness (QED) is 0.233. The molecule has 11 heteroatoms. The van der Waals surface area contributed by atoms with Crippen LogP contribution in [0.4, 0.5) is 5.82 Å². The lowest BCUT2D eigenvalue weighted by Gasteiger charge is -2.44. The number of hydrogen-bond acceptors (Lipinski definition) is 8. The van der Waals surface area contributed by atoms with Gasteiger partial charge in [-0.05, 0) is 77.1 Å². The molecule has 43 heavy (non-hydrogen) atoms. The van der Waals surface area contributed by atoms with Crippen molar-refractivity contribution in [1.82, 2.24) is 14.7 Å². The van der Waals surface area contributed by atoms with Crippen molar-refractivity contribution in [2.24, 2.45) is 5.41 Å². The van der Waals surface area contributed by atoms with Crippen molar-refractivity contribution in [3.05, 3.63) is 74.5 Å². The number of piperidine rings is 1. The fourth-order valence-corrected chi connectivity index (χ4v) is 7.42. The van der Waals surface area contributed by atoms with Gasteiger partial charge >= 0.3 is 5.97 Å². The molecule has 3 aromatic rings. The molecule has 2 heterocycles. The summed E-state index contributed by atoms with van der Waals surface area (Å²) in [4.78, 5) is 24.9. The number of ether oxygens (including phenoxy) is 1. The van der Waals surface area contributed by atoms with Gasteiger partial charge in [-0.3, -0.25) is 0 Å². The second-order valence-corrected chi connectivity index (χ2v) is 14.9. The van der Waals surface area contributed by atoms with Gasteiger partial charge in [-0.1, -0.05) is 47.5 Å². The topological polar surface area (TPSA) is 114 Å². The number of hydrogen-bond donors (Lipinski definition) is 1.